The molecule has 1 aliphatic carbocycles. The van der Waals surface area contributed by atoms with Crippen LogP contribution < -0.4 is 0 Å². The number of hydrogen-bond donors (Lipinski definition) is 0. The predicted molar refractivity (Wildman–Crippen MR) is 43.0 cm³/mol. The van der Waals surface area contributed by atoms with Crippen LogP contribution >= 0.6 is 0 Å². The Morgan fingerprint density at radius 1 is 1.50 bits per heavy atom. The van der Waals surface area contributed by atoms with Crippen molar-refractivity contribution in [2.45, 2.75) is 18.9 Å². The van der Waals surface area contributed by atoms with Crippen molar-refractivity contribution >= 4 is 6.21 Å². The number of nitrogens with zero attached hydrogens (tertiary/aromatic N) is 1. The number of allylic oxidation sites excluding steroid dienone is 2. The van der Waals surface area contributed by atoms with Crippen molar-refractivity contribution in [2.75, 3.05) is 0 Å². The third-order valence-corrected chi connectivity index (χ3v) is 1.94. The number of dihydropyridines is 1. The molecule has 0 spiro atoms. The number of hydrogen-bond acceptors (Lipinski definition) is 1. The standard InChI is InChI=1S/C9H10N/c1-2-6-9-8(4-1)5-3-7-10-9/h1,3-5,7,9H,2,6H2. The summed E-state index contributed by atoms with van der Waals surface area (Å²) in [5, 5.41) is 0. The average Bonchev–Trinajstić information content (AvgIpc) is 2.05. The highest BCUT2D eigenvalue weighted by Gasteiger charge is 2.14. The fourth-order valence-electron chi connectivity index (χ4n) is 1.39. The molecule has 1 heteroatoms. The van der Waals surface area contributed by atoms with E-state index >= 15 is 0 Å². The molecule has 0 aromatic rings. The molecule has 1 unspecified atom stereocenters. The van der Waals surface area contributed by atoms with Crippen LogP contribution in [-0.4, -0.2) is 12.3 Å². The van der Waals surface area contributed by atoms with Gasteiger partial charge < -0.3 is 0 Å². The van der Waals surface area contributed by atoms with Gasteiger partial charge >= 0.3 is 0 Å². The molecule has 0 aromatic carbocycles. The zero-order chi connectivity index (χ0) is 6.81. The van der Waals surface area contributed by atoms with E-state index in [-0.39, 0.29) is 0 Å². The second kappa shape index (κ2) is 2.41. The van der Waals surface area contributed by atoms with E-state index in [9.17, 15) is 0 Å². The number of rotatable bonds is 0. The highest BCUT2D eigenvalue weighted by molar-refractivity contribution is 5.74. The van der Waals surface area contributed by atoms with Gasteiger partial charge in [-0.3, -0.25) is 4.99 Å². The lowest BCUT2D eigenvalue weighted by atomic mass is 9.93. The molecular weight excluding hydrogens is 122 g/mol. The lowest BCUT2D eigenvalue weighted by Crippen LogP contribution is -2.13. The third-order valence-electron chi connectivity index (χ3n) is 1.94. The van der Waals surface area contributed by atoms with E-state index in [1.54, 1.807) is 0 Å². The Morgan fingerprint density at radius 2 is 2.50 bits per heavy atom. The molecule has 1 radical (unpaired) electrons. The minimum Gasteiger partial charge on any atom is -0.285 e. The highest BCUT2D eigenvalue weighted by atomic mass is 14.8. The molecule has 0 bridgehead atoms. The molecular formula is C9H10N. The van der Waals surface area contributed by atoms with Gasteiger partial charge in [-0.2, -0.15) is 0 Å². The Bertz CT molecular complexity index is 211. The highest BCUT2D eigenvalue weighted by Crippen LogP contribution is 2.22. The Kier molecular flexibility index (Phi) is 1.42. The van der Waals surface area contributed by atoms with Crippen LogP contribution in [0.4, 0.5) is 0 Å². The molecule has 2 aliphatic rings. The summed E-state index contributed by atoms with van der Waals surface area (Å²) in [5.41, 5.74) is 1.37. The van der Waals surface area contributed by atoms with Crippen LogP contribution in [0.25, 0.3) is 0 Å². The Hall–Kier alpha value is -0.850. The maximum absolute atomic E-state index is 4.35. The van der Waals surface area contributed by atoms with E-state index < -0.39 is 0 Å². The van der Waals surface area contributed by atoms with E-state index in [0.717, 1.165) is 0 Å². The second-order valence-corrected chi connectivity index (χ2v) is 2.65. The molecule has 0 saturated heterocycles. The van der Waals surface area contributed by atoms with Gasteiger partial charge in [0.1, 0.15) is 0 Å². The molecule has 10 heavy (non-hydrogen) atoms. The summed E-state index contributed by atoms with van der Waals surface area (Å²) in [6, 6.07) is 0.468. The van der Waals surface area contributed by atoms with Gasteiger partial charge in [0.05, 0.1) is 6.04 Å². The molecule has 51 valence electrons. The van der Waals surface area contributed by atoms with Crippen LogP contribution in [0, 0.1) is 6.42 Å². The summed E-state index contributed by atoms with van der Waals surface area (Å²) in [6.45, 7) is 0. The Balaban J connectivity index is 2.27. The maximum atomic E-state index is 4.35. The van der Waals surface area contributed by atoms with E-state index in [4.69, 9.17) is 0 Å². The van der Waals surface area contributed by atoms with E-state index in [1.807, 2.05) is 12.3 Å². The smallest absolute Gasteiger partial charge is 0.0746 e. The summed E-state index contributed by atoms with van der Waals surface area (Å²) in [5.74, 6) is 0. The first kappa shape index (κ1) is 5.90. The summed E-state index contributed by atoms with van der Waals surface area (Å²) in [6.07, 6.45) is 12.8. The number of fused-ring (bicyclic) bond motifs is 1. The molecule has 0 aromatic heterocycles. The van der Waals surface area contributed by atoms with Gasteiger partial charge in [0.15, 0.2) is 0 Å². The maximum Gasteiger partial charge on any atom is 0.0746 e. The lowest BCUT2D eigenvalue weighted by molar-refractivity contribution is 0.679. The van der Waals surface area contributed by atoms with Gasteiger partial charge in [-0.25, -0.2) is 0 Å². The summed E-state index contributed by atoms with van der Waals surface area (Å²) < 4.78 is 0. The van der Waals surface area contributed by atoms with Crippen molar-refractivity contribution < 1.29 is 0 Å². The first-order valence-corrected chi connectivity index (χ1v) is 3.70. The van der Waals surface area contributed by atoms with Gasteiger partial charge in [-0.1, -0.05) is 12.2 Å². The van der Waals surface area contributed by atoms with Gasteiger partial charge in [0, 0.05) is 6.21 Å². The van der Waals surface area contributed by atoms with Crippen molar-refractivity contribution in [2.24, 2.45) is 4.99 Å². The van der Waals surface area contributed by atoms with Gasteiger partial charge in [-0.05, 0) is 30.9 Å². The van der Waals surface area contributed by atoms with Crippen LogP contribution in [-0.2, 0) is 0 Å². The van der Waals surface area contributed by atoms with Gasteiger partial charge in [-0.15, -0.1) is 0 Å². The minimum absolute atomic E-state index is 0.468. The van der Waals surface area contributed by atoms with E-state index in [1.165, 1.54) is 18.4 Å². The van der Waals surface area contributed by atoms with Gasteiger partial charge in [0.2, 0.25) is 0 Å². The summed E-state index contributed by atoms with van der Waals surface area (Å²) in [4.78, 5) is 4.35. The van der Waals surface area contributed by atoms with Crippen LogP contribution in [0.15, 0.2) is 28.8 Å². The molecule has 1 aliphatic heterocycles. The Labute approximate surface area is 61.2 Å². The largest absolute Gasteiger partial charge is 0.285 e. The first-order valence-electron chi connectivity index (χ1n) is 3.70. The topological polar surface area (TPSA) is 12.4 Å². The predicted octanol–water partition coefficient (Wildman–Crippen LogP) is 1.92. The molecule has 1 nitrogen and oxygen atoms in total. The van der Waals surface area contributed by atoms with Crippen molar-refractivity contribution in [3.63, 3.8) is 0 Å². The van der Waals surface area contributed by atoms with Crippen molar-refractivity contribution in [1.29, 1.82) is 0 Å². The van der Waals surface area contributed by atoms with E-state index in [2.05, 4.69) is 23.6 Å². The van der Waals surface area contributed by atoms with Crippen molar-refractivity contribution in [3.05, 3.63) is 30.2 Å². The van der Waals surface area contributed by atoms with Gasteiger partial charge in [0.25, 0.3) is 0 Å². The second-order valence-electron chi connectivity index (χ2n) is 2.65. The fourth-order valence-corrected chi connectivity index (χ4v) is 1.39. The Morgan fingerprint density at radius 3 is 3.40 bits per heavy atom. The molecule has 0 saturated carbocycles. The fraction of sp³-hybridized carbons (Fsp3) is 0.333. The molecule has 0 amide bonds. The first-order chi connectivity index (χ1) is 4.97. The van der Waals surface area contributed by atoms with Crippen LogP contribution in [0.5, 0.6) is 0 Å². The lowest BCUT2D eigenvalue weighted by Gasteiger charge is -2.19. The zero-order valence-electron chi connectivity index (χ0n) is 5.83. The van der Waals surface area contributed by atoms with Crippen LogP contribution in [0.2, 0.25) is 0 Å². The number of aliphatic imine (C=N–C) groups is 1. The quantitative estimate of drug-likeness (QED) is 0.477. The summed E-state index contributed by atoms with van der Waals surface area (Å²) >= 11 is 0. The van der Waals surface area contributed by atoms with E-state index in [0.29, 0.717) is 6.04 Å². The molecule has 1 atom stereocenters. The van der Waals surface area contributed by atoms with Crippen molar-refractivity contribution in [3.8, 4) is 0 Å². The van der Waals surface area contributed by atoms with Crippen molar-refractivity contribution in [1.82, 2.24) is 0 Å². The minimum atomic E-state index is 0.468. The molecule has 0 N–H and O–H groups in total. The monoisotopic (exact) mass is 132 g/mol. The normalized spacial score (nSPS) is 29.6. The third kappa shape index (κ3) is 0.919. The average molecular weight is 132 g/mol. The molecule has 1 heterocycles. The van der Waals surface area contributed by atoms with Crippen LogP contribution in [0.1, 0.15) is 12.8 Å². The molecule has 0 fully saturated rings. The summed E-state index contributed by atoms with van der Waals surface area (Å²) in [7, 11) is 0. The van der Waals surface area contributed by atoms with Crippen LogP contribution in [0.3, 0.4) is 0 Å². The SMILES string of the molecule is [CH]1C=C2C=CC=NC2CC1. The molecule has 2 rings (SSSR count). The zero-order valence-corrected chi connectivity index (χ0v) is 5.83.